The zero-order chi connectivity index (χ0) is 11.2. The maximum atomic E-state index is 4.06. The Hall–Kier alpha value is -0.870. The summed E-state index contributed by atoms with van der Waals surface area (Å²) >= 11 is 0. The molecule has 1 aromatic rings. The average Bonchev–Trinajstić information content (AvgIpc) is 2.82. The second-order valence-electron chi connectivity index (χ2n) is 4.60. The molecule has 0 bridgehead atoms. The summed E-state index contributed by atoms with van der Waals surface area (Å²) in [5, 5.41) is 3.42. The number of imidazole rings is 1. The Balaban J connectivity index is 1.80. The second-order valence-corrected chi connectivity index (χ2v) is 4.60. The minimum Gasteiger partial charge on any atom is -0.347 e. The van der Waals surface area contributed by atoms with Crippen LogP contribution in [0.3, 0.4) is 0 Å². The molecule has 2 heterocycles. The molecule has 1 aliphatic rings. The van der Waals surface area contributed by atoms with Crippen LogP contribution in [-0.4, -0.2) is 41.0 Å². The van der Waals surface area contributed by atoms with Crippen LogP contribution in [0.15, 0.2) is 12.5 Å². The van der Waals surface area contributed by atoms with Crippen molar-refractivity contribution in [1.29, 1.82) is 0 Å². The summed E-state index contributed by atoms with van der Waals surface area (Å²) in [6.07, 6.45) is 6.32. The van der Waals surface area contributed by atoms with E-state index < -0.39 is 0 Å². The minimum absolute atomic E-state index is 0.865. The van der Waals surface area contributed by atoms with Crippen molar-refractivity contribution in [3.8, 4) is 0 Å². The zero-order valence-corrected chi connectivity index (χ0v) is 10.1. The molecule has 1 fully saturated rings. The third-order valence-corrected chi connectivity index (χ3v) is 3.37. The molecule has 2 N–H and O–H groups in total. The molecule has 1 aliphatic heterocycles. The van der Waals surface area contributed by atoms with Crippen LogP contribution in [0, 0.1) is 5.92 Å². The lowest BCUT2D eigenvalue weighted by molar-refractivity contribution is 0.205. The Kier molecular flexibility index (Phi) is 4.36. The Morgan fingerprint density at radius 3 is 2.88 bits per heavy atom. The second kappa shape index (κ2) is 6.01. The molecule has 2 rings (SSSR count). The van der Waals surface area contributed by atoms with Gasteiger partial charge in [0, 0.05) is 25.0 Å². The maximum Gasteiger partial charge on any atom is 0.0922 e. The van der Waals surface area contributed by atoms with Gasteiger partial charge in [0.05, 0.1) is 6.33 Å². The predicted octanol–water partition coefficient (Wildman–Crippen LogP) is 1.23. The van der Waals surface area contributed by atoms with Crippen LogP contribution in [0.4, 0.5) is 0 Å². The first-order valence-corrected chi connectivity index (χ1v) is 6.28. The Bertz CT molecular complexity index is 277. The lowest BCUT2D eigenvalue weighted by atomic mass is 9.97. The van der Waals surface area contributed by atoms with Crippen LogP contribution in [0.5, 0.6) is 0 Å². The molecule has 0 atom stereocenters. The van der Waals surface area contributed by atoms with Gasteiger partial charge in [-0.05, 0) is 38.4 Å². The number of piperidine rings is 1. The molecule has 0 aliphatic carbocycles. The van der Waals surface area contributed by atoms with Crippen molar-refractivity contribution >= 4 is 0 Å². The number of H-pyrrole nitrogens is 1. The molecular formula is C12H22N4. The Morgan fingerprint density at radius 2 is 2.25 bits per heavy atom. The fraction of sp³-hybridized carbons (Fsp3) is 0.750. The molecule has 1 saturated heterocycles. The highest BCUT2D eigenvalue weighted by Crippen LogP contribution is 2.14. The van der Waals surface area contributed by atoms with Gasteiger partial charge in [-0.15, -0.1) is 0 Å². The van der Waals surface area contributed by atoms with E-state index in [1.54, 1.807) is 6.33 Å². The number of hydrogen-bond donors (Lipinski definition) is 2. The van der Waals surface area contributed by atoms with E-state index in [1.807, 2.05) is 6.20 Å². The number of rotatable bonds is 5. The summed E-state index contributed by atoms with van der Waals surface area (Å²) in [5.74, 6) is 0.865. The van der Waals surface area contributed by atoms with Crippen LogP contribution in [0.25, 0.3) is 0 Å². The van der Waals surface area contributed by atoms with Gasteiger partial charge in [-0.2, -0.15) is 0 Å². The van der Waals surface area contributed by atoms with Crippen molar-refractivity contribution in [3.05, 3.63) is 18.2 Å². The minimum atomic E-state index is 0.865. The van der Waals surface area contributed by atoms with Crippen LogP contribution in [0.1, 0.15) is 25.5 Å². The maximum absolute atomic E-state index is 4.06. The van der Waals surface area contributed by atoms with Crippen LogP contribution in [0.2, 0.25) is 0 Å². The quantitative estimate of drug-likeness (QED) is 0.787. The summed E-state index contributed by atoms with van der Waals surface area (Å²) in [7, 11) is 0. The van der Waals surface area contributed by atoms with E-state index in [2.05, 4.69) is 27.1 Å². The highest BCUT2D eigenvalue weighted by Gasteiger charge is 2.16. The van der Waals surface area contributed by atoms with Crippen molar-refractivity contribution in [2.45, 2.75) is 26.3 Å². The molecule has 0 amide bonds. The first kappa shape index (κ1) is 11.6. The SMILES string of the molecule is CCN(Cc1cnc[nH]1)CC1CCNCC1. The standard InChI is InChI=1S/C12H22N4/c1-2-16(9-12-7-14-10-15-12)8-11-3-5-13-6-4-11/h7,10-11,13H,2-6,8-9H2,1H3,(H,14,15). The van der Waals surface area contributed by atoms with Gasteiger partial charge >= 0.3 is 0 Å². The fourth-order valence-electron chi connectivity index (χ4n) is 2.35. The van der Waals surface area contributed by atoms with Gasteiger partial charge in [-0.1, -0.05) is 6.92 Å². The molecule has 90 valence electrons. The lowest BCUT2D eigenvalue weighted by Gasteiger charge is -2.28. The fourth-order valence-corrected chi connectivity index (χ4v) is 2.35. The smallest absolute Gasteiger partial charge is 0.0922 e. The molecule has 0 aromatic carbocycles. The zero-order valence-electron chi connectivity index (χ0n) is 10.1. The monoisotopic (exact) mass is 222 g/mol. The van der Waals surface area contributed by atoms with Gasteiger partial charge in [0.15, 0.2) is 0 Å². The van der Waals surface area contributed by atoms with Crippen molar-refractivity contribution in [3.63, 3.8) is 0 Å². The summed E-state index contributed by atoms with van der Waals surface area (Å²) in [6.45, 7) is 7.94. The molecule has 0 unspecified atom stereocenters. The molecule has 0 spiro atoms. The van der Waals surface area contributed by atoms with Crippen LogP contribution >= 0.6 is 0 Å². The average molecular weight is 222 g/mol. The number of aromatic nitrogens is 2. The molecule has 0 saturated carbocycles. The topological polar surface area (TPSA) is 44.0 Å². The normalized spacial score (nSPS) is 18.1. The molecular weight excluding hydrogens is 200 g/mol. The third kappa shape index (κ3) is 3.32. The summed E-state index contributed by atoms with van der Waals surface area (Å²) in [4.78, 5) is 9.74. The number of aromatic amines is 1. The van der Waals surface area contributed by atoms with E-state index in [0.29, 0.717) is 0 Å². The highest BCUT2D eigenvalue weighted by molar-refractivity contribution is 4.94. The van der Waals surface area contributed by atoms with E-state index in [-0.39, 0.29) is 0 Å². The third-order valence-electron chi connectivity index (χ3n) is 3.37. The largest absolute Gasteiger partial charge is 0.347 e. The lowest BCUT2D eigenvalue weighted by Crippen LogP contribution is -2.35. The van der Waals surface area contributed by atoms with E-state index in [1.165, 1.54) is 38.2 Å². The van der Waals surface area contributed by atoms with Gasteiger partial charge in [-0.25, -0.2) is 4.98 Å². The van der Waals surface area contributed by atoms with Gasteiger partial charge < -0.3 is 10.3 Å². The first-order valence-electron chi connectivity index (χ1n) is 6.28. The van der Waals surface area contributed by atoms with E-state index in [4.69, 9.17) is 0 Å². The molecule has 1 aromatic heterocycles. The number of nitrogens with one attached hydrogen (secondary N) is 2. The van der Waals surface area contributed by atoms with E-state index in [0.717, 1.165) is 19.0 Å². The van der Waals surface area contributed by atoms with Gasteiger partial charge in [-0.3, -0.25) is 4.90 Å². The van der Waals surface area contributed by atoms with Crippen LogP contribution in [-0.2, 0) is 6.54 Å². The summed E-state index contributed by atoms with van der Waals surface area (Å²) in [5.41, 5.74) is 1.22. The number of hydrogen-bond acceptors (Lipinski definition) is 3. The number of nitrogens with zero attached hydrogens (tertiary/aromatic N) is 2. The van der Waals surface area contributed by atoms with Gasteiger partial charge in [0.25, 0.3) is 0 Å². The molecule has 16 heavy (non-hydrogen) atoms. The van der Waals surface area contributed by atoms with Crippen molar-refractivity contribution in [2.75, 3.05) is 26.2 Å². The van der Waals surface area contributed by atoms with Crippen molar-refractivity contribution < 1.29 is 0 Å². The highest BCUT2D eigenvalue weighted by atomic mass is 15.1. The van der Waals surface area contributed by atoms with Crippen molar-refractivity contribution in [1.82, 2.24) is 20.2 Å². The molecule has 4 nitrogen and oxygen atoms in total. The predicted molar refractivity (Wildman–Crippen MR) is 65.1 cm³/mol. The van der Waals surface area contributed by atoms with E-state index >= 15 is 0 Å². The molecule has 0 radical (unpaired) electrons. The summed E-state index contributed by atoms with van der Waals surface area (Å²) < 4.78 is 0. The van der Waals surface area contributed by atoms with Gasteiger partial charge in [0.1, 0.15) is 0 Å². The summed E-state index contributed by atoms with van der Waals surface area (Å²) in [6, 6.07) is 0. The first-order chi connectivity index (χ1) is 7.88. The Morgan fingerprint density at radius 1 is 1.44 bits per heavy atom. The van der Waals surface area contributed by atoms with Crippen molar-refractivity contribution in [2.24, 2.45) is 5.92 Å². The van der Waals surface area contributed by atoms with E-state index in [9.17, 15) is 0 Å². The van der Waals surface area contributed by atoms with Gasteiger partial charge in [0.2, 0.25) is 0 Å². The van der Waals surface area contributed by atoms with Crippen LogP contribution < -0.4 is 5.32 Å². The Labute approximate surface area is 97.4 Å². The molecule has 4 heteroatoms.